The summed E-state index contributed by atoms with van der Waals surface area (Å²) in [6.07, 6.45) is 0. The van der Waals surface area contributed by atoms with Crippen LogP contribution >= 0.6 is 22.9 Å². The molecule has 150 valence electrons. The minimum atomic E-state index is -0.717. The van der Waals surface area contributed by atoms with Crippen LogP contribution in [-0.2, 0) is 4.74 Å². The van der Waals surface area contributed by atoms with Crippen LogP contribution in [0.2, 0.25) is 5.02 Å². The van der Waals surface area contributed by atoms with Crippen LogP contribution < -0.4 is 16.2 Å². The van der Waals surface area contributed by atoms with Crippen molar-refractivity contribution in [3.8, 4) is 0 Å². The standard InChI is InChI=1S/C19H15ClFN3O4S/c1-2-28-18(26)10-6-8-11(9-7-10)22-19(27)24-23-17(25)16-15(20)14-12(21)4-3-5-13(14)29-16/h3-9H,2H2,1H3,(H,23,25)(H2,22,24,27). The van der Waals surface area contributed by atoms with Crippen molar-refractivity contribution >= 4 is 56.6 Å². The van der Waals surface area contributed by atoms with Gasteiger partial charge in [0.05, 0.1) is 17.2 Å². The molecule has 0 saturated heterocycles. The molecule has 1 heterocycles. The normalized spacial score (nSPS) is 10.4. The quantitative estimate of drug-likeness (QED) is 0.419. The molecule has 3 aromatic rings. The van der Waals surface area contributed by atoms with Crippen LogP contribution in [0.15, 0.2) is 42.5 Å². The number of amides is 3. The Kier molecular flexibility index (Phi) is 6.30. The smallest absolute Gasteiger partial charge is 0.338 e. The molecule has 3 rings (SSSR count). The SMILES string of the molecule is CCOC(=O)c1ccc(NC(=O)NNC(=O)c2sc3cccc(F)c3c2Cl)cc1. The van der Waals surface area contributed by atoms with Crippen LogP contribution in [0, 0.1) is 5.82 Å². The summed E-state index contributed by atoms with van der Waals surface area (Å²) in [5, 5.41) is 2.64. The number of hydrazine groups is 1. The van der Waals surface area contributed by atoms with Gasteiger partial charge in [0.2, 0.25) is 0 Å². The second-order valence-electron chi connectivity index (χ2n) is 5.69. The Labute approximate surface area is 173 Å². The molecule has 0 aliphatic carbocycles. The van der Waals surface area contributed by atoms with Gasteiger partial charge in [-0.3, -0.25) is 10.2 Å². The topological polar surface area (TPSA) is 96.5 Å². The molecule has 1 aromatic heterocycles. The first-order valence-electron chi connectivity index (χ1n) is 8.41. The van der Waals surface area contributed by atoms with Crippen LogP contribution in [0.1, 0.15) is 27.0 Å². The molecule has 7 nitrogen and oxygen atoms in total. The molecule has 0 atom stereocenters. The number of esters is 1. The average Bonchev–Trinajstić information content (AvgIpc) is 3.05. The number of fused-ring (bicyclic) bond motifs is 1. The molecule has 0 bridgehead atoms. The Morgan fingerprint density at radius 1 is 1.10 bits per heavy atom. The van der Waals surface area contributed by atoms with E-state index in [0.29, 0.717) is 16.0 Å². The predicted octanol–water partition coefficient (Wildman–Crippen LogP) is 4.34. The van der Waals surface area contributed by atoms with Crippen LogP contribution in [0.5, 0.6) is 0 Å². The zero-order valence-corrected chi connectivity index (χ0v) is 16.6. The van der Waals surface area contributed by atoms with Crippen molar-refractivity contribution in [3.05, 3.63) is 63.7 Å². The van der Waals surface area contributed by atoms with Gasteiger partial charge in [0.15, 0.2) is 0 Å². The number of carbonyl (C=O) groups excluding carboxylic acids is 3. The summed E-state index contributed by atoms with van der Waals surface area (Å²) in [7, 11) is 0. The van der Waals surface area contributed by atoms with Crippen LogP contribution in [0.25, 0.3) is 10.1 Å². The highest BCUT2D eigenvalue weighted by Gasteiger charge is 2.19. The molecule has 29 heavy (non-hydrogen) atoms. The lowest BCUT2D eigenvalue weighted by Gasteiger charge is -2.09. The third-order valence-electron chi connectivity index (χ3n) is 3.76. The van der Waals surface area contributed by atoms with Crippen molar-refractivity contribution in [2.24, 2.45) is 0 Å². The van der Waals surface area contributed by atoms with Gasteiger partial charge in [-0.15, -0.1) is 11.3 Å². The summed E-state index contributed by atoms with van der Waals surface area (Å²) in [6, 6.07) is 9.72. The highest BCUT2D eigenvalue weighted by molar-refractivity contribution is 7.21. The van der Waals surface area contributed by atoms with Crippen molar-refractivity contribution < 1.29 is 23.5 Å². The molecule has 10 heteroatoms. The monoisotopic (exact) mass is 435 g/mol. The van der Waals surface area contributed by atoms with Gasteiger partial charge in [-0.2, -0.15) is 0 Å². The van der Waals surface area contributed by atoms with E-state index in [1.165, 1.54) is 36.4 Å². The molecule has 0 aliphatic heterocycles. The molecule has 0 saturated carbocycles. The Morgan fingerprint density at radius 2 is 1.83 bits per heavy atom. The van der Waals surface area contributed by atoms with E-state index >= 15 is 0 Å². The lowest BCUT2D eigenvalue weighted by Crippen LogP contribution is -2.43. The zero-order chi connectivity index (χ0) is 21.0. The molecular weight excluding hydrogens is 421 g/mol. The van der Waals surface area contributed by atoms with E-state index in [1.807, 2.05) is 0 Å². The first-order valence-corrected chi connectivity index (χ1v) is 9.61. The van der Waals surface area contributed by atoms with Crippen LogP contribution in [0.4, 0.5) is 14.9 Å². The zero-order valence-electron chi connectivity index (χ0n) is 15.0. The Morgan fingerprint density at radius 3 is 2.48 bits per heavy atom. The molecule has 0 fully saturated rings. The molecule has 0 aliphatic rings. The molecule has 0 radical (unpaired) electrons. The van der Waals surface area contributed by atoms with E-state index in [0.717, 1.165) is 11.3 Å². The predicted molar refractivity (Wildman–Crippen MR) is 109 cm³/mol. The molecular formula is C19H15ClFN3O4S. The Bertz CT molecular complexity index is 1080. The van der Waals surface area contributed by atoms with Gasteiger partial charge in [0.25, 0.3) is 5.91 Å². The van der Waals surface area contributed by atoms with Crippen LogP contribution in [-0.4, -0.2) is 24.5 Å². The number of anilines is 1. The van der Waals surface area contributed by atoms with E-state index in [-0.39, 0.29) is 21.9 Å². The number of thiophene rings is 1. The second kappa shape index (κ2) is 8.89. The van der Waals surface area contributed by atoms with Crippen molar-refractivity contribution in [2.75, 3.05) is 11.9 Å². The molecule has 2 aromatic carbocycles. The highest BCUT2D eigenvalue weighted by atomic mass is 35.5. The van der Waals surface area contributed by atoms with Gasteiger partial charge in [0.1, 0.15) is 10.7 Å². The third-order valence-corrected chi connectivity index (χ3v) is 5.40. The molecule has 0 unspecified atom stereocenters. The third kappa shape index (κ3) is 4.64. The van der Waals surface area contributed by atoms with Gasteiger partial charge in [-0.05, 0) is 43.3 Å². The minimum Gasteiger partial charge on any atom is -0.462 e. The van der Waals surface area contributed by atoms with Crippen LogP contribution in [0.3, 0.4) is 0 Å². The lowest BCUT2D eigenvalue weighted by atomic mass is 10.2. The number of rotatable bonds is 4. The van der Waals surface area contributed by atoms with Gasteiger partial charge in [0, 0.05) is 15.8 Å². The summed E-state index contributed by atoms with van der Waals surface area (Å²) >= 11 is 7.12. The number of benzene rings is 2. The summed E-state index contributed by atoms with van der Waals surface area (Å²) in [5.41, 5.74) is 5.14. The fourth-order valence-corrected chi connectivity index (χ4v) is 3.91. The van der Waals surface area contributed by atoms with Gasteiger partial charge >= 0.3 is 12.0 Å². The van der Waals surface area contributed by atoms with Gasteiger partial charge in [-0.25, -0.2) is 19.4 Å². The van der Waals surface area contributed by atoms with E-state index in [1.54, 1.807) is 13.0 Å². The largest absolute Gasteiger partial charge is 0.462 e. The van der Waals surface area contributed by atoms with E-state index < -0.39 is 23.7 Å². The number of urea groups is 1. The lowest BCUT2D eigenvalue weighted by molar-refractivity contribution is 0.0526. The first-order chi connectivity index (χ1) is 13.9. The van der Waals surface area contributed by atoms with Crippen molar-refractivity contribution in [1.82, 2.24) is 10.9 Å². The minimum absolute atomic E-state index is 0.0163. The van der Waals surface area contributed by atoms with Crippen molar-refractivity contribution in [2.45, 2.75) is 6.92 Å². The molecule has 0 spiro atoms. The summed E-state index contributed by atoms with van der Waals surface area (Å²) in [4.78, 5) is 35.9. The number of hydrogen-bond acceptors (Lipinski definition) is 5. The average molecular weight is 436 g/mol. The number of carbonyl (C=O) groups is 3. The van der Waals surface area contributed by atoms with Crippen molar-refractivity contribution in [3.63, 3.8) is 0 Å². The fourth-order valence-electron chi connectivity index (χ4n) is 2.45. The molecule has 3 N–H and O–H groups in total. The van der Waals surface area contributed by atoms with Gasteiger partial charge < -0.3 is 10.1 Å². The number of nitrogens with one attached hydrogen (secondary N) is 3. The van der Waals surface area contributed by atoms with E-state index in [2.05, 4.69) is 16.2 Å². The number of hydrogen-bond donors (Lipinski definition) is 3. The fraction of sp³-hybridized carbons (Fsp3) is 0.105. The Hall–Kier alpha value is -3.17. The van der Waals surface area contributed by atoms with Crippen molar-refractivity contribution in [1.29, 1.82) is 0 Å². The van der Waals surface area contributed by atoms with Gasteiger partial charge in [-0.1, -0.05) is 17.7 Å². The maximum Gasteiger partial charge on any atom is 0.338 e. The molecule has 3 amide bonds. The maximum absolute atomic E-state index is 13.9. The number of ether oxygens (including phenoxy) is 1. The first kappa shape index (κ1) is 20.6. The van der Waals surface area contributed by atoms with E-state index in [4.69, 9.17) is 16.3 Å². The highest BCUT2D eigenvalue weighted by Crippen LogP contribution is 2.36. The van der Waals surface area contributed by atoms with E-state index in [9.17, 15) is 18.8 Å². The number of halogens is 2. The summed E-state index contributed by atoms with van der Waals surface area (Å²) in [6.45, 7) is 1.96. The Balaban J connectivity index is 1.59. The second-order valence-corrected chi connectivity index (χ2v) is 7.12. The summed E-state index contributed by atoms with van der Waals surface area (Å²) < 4.78 is 19.3. The summed E-state index contributed by atoms with van der Waals surface area (Å²) in [5.74, 6) is -1.67. The maximum atomic E-state index is 13.9.